The van der Waals surface area contributed by atoms with E-state index in [4.69, 9.17) is 0 Å². The molecule has 212 valence electrons. The molecule has 2 amide bonds. The molecule has 1 saturated carbocycles. The Morgan fingerprint density at radius 3 is 2.41 bits per heavy atom. The third-order valence-corrected chi connectivity index (χ3v) is 10.3. The molecular weight excluding hydrogens is 539 g/mol. The van der Waals surface area contributed by atoms with Crippen LogP contribution in [0.2, 0.25) is 0 Å². The number of carbonyl (C=O) groups is 2. The first-order valence-corrected chi connectivity index (χ1v) is 14.6. The number of halogens is 3. The summed E-state index contributed by atoms with van der Waals surface area (Å²) in [6.45, 7) is 2.02. The Morgan fingerprint density at radius 1 is 1.13 bits per heavy atom. The second-order valence-electron chi connectivity index (χ2n) is 10.6. The average molecular weight is 570 g/mol. The predicted octanol–water partition coefficient (Wildman–Crippen LogP) is 1.33. The van der Waals surface area contributed by atoms with Crippen LogP contribution in [-0.2, 0) is 19.4 Å². The molecule has 5 rings (SSSR count). The van der Waals surface area contributed by atoms with Gasteiger partial charge in [0.25, 0.3) is 0 Å². The van der Waals surface area contributed by atoms with Crippen molar-refractivity contribution in [3.63, 3.8) is 0 Å². The number of nitrogens with zero attached hydrogens (tertiary/aromatic N) is 3. The first-order chi connectivity index (χ1) is 18.4. The van der Waals surface area contributed by atoms with Crippen molar-refractivity contribution in [1.82, 2.24) is 20.4 Å². The van der Waals surface area contributed by atoms with Crippen LogP contribution in [0.3, 0.4) is 0 Å². The van der Waals surface area contributed by atoms with Gasteiger partial charge < -0.3 is 20.3 Å². The highest BCUT2D eigenvalue weighted by Gasteiger charge is 2.53. The molecule has 2 N–H and O–H groups in total. The minimum Gasteiger partial charge on any atom is -0.404 e. The maximum absolute atomic E-state index is 13.8. The standard InChI is InChI=1S/C25H30F3N5O5S/c26-25(27,28)38-20-3-1-2-4-21(20)39(36,37)17-13-19(22(34)31-24(15-29)8-9-24)33(14-17)23(35)18-7-12-32(18)16-5-10-30-11-6-16/h1-4,16-19,30H,5-14H2,(H,31,34)/t17-,18?,19+/m1/s1. The molecule has 3 aliphatic heterocycles. The van der Waals surface area contributed by atoms with Gasteiger partial charge in [0.1, 0.15) is 22.2 Å². The normalized spacial score (nSPS) is 27.3. The van der Waals surface area contributed by atoms with E-state index in [1.54, 1.807) is 0 Å². The van der Waals surface area contributed by atoms with E-state index < -0.39 is 55.6 Å². The number of piperidine rings is 1. The van der Waals surface area contributed by atoms with Crippen molar-refractivity contribution in [1.29, 1.82) is 5.26 Å². The summed E-state index contributed by atoms with van der Waals surface area (Å²) in [5.41, 5.74) is -1.03. The van der Waals surface area contributed by atoms with Gasteiger partial charge in [0.2, 0.25) is 11.8 Å². The molecule has 0 spiro atoms. The molecule has 10 nitrogen and oxygen atoms in total. The summed E-state index contributed by atoms with van der Waals surface area (Å²) in [6.07, 6.45) is -2.21. The van der Waals surface area contributed by atoms with Gasteiger partial charge in [-0.15, -0.1) is 13.2 Å². The van der Waals surface area contributed by atoms with Gasteiger partial charge in [-0.25, -0.2) is 8.42 Å². The summed E-state index contributed by atoms with van der Waals surface area (Å²) in [7, 11) is -4.44. The van der Waals surface area contributed by atoms with E-state index in [1.807, 2.05) is 0 Å². The zero-order valence-corrected chi connectivity index (χ0v) is 21.9. The lowest BCUT2D eigenvalue weighted by Crippen LogP contribution is -2.63. The SMILES string of the molecule is N#CC1(NC(=O)[C@@H]2C[C@@H](S(=O)(=O)c3ccccc3OC(F)(F)F)CN2C(=O)C2CCN2C2CCNCC2)CC1. The van der Waals surface area contributed by atoms with E-state index in [-0.39, 0.29) is 24.9 Å². The molecule has 3 saturated heterocycles. The molecule has 0 bridgehead atoms. The highest BCUT2D eigenvalue weighted by molar-refractivity contribution is 7.92. The number of carbonyl (C=O) groups excluding carboxylic acids is 2. The lowest BCUT2D eigenvalue weighted by atomic mass is 9.93. The Bertz CT molecular complexity index is 1270. The van der Waals surface area contributed by atoms with Gasteiger partial charge in [-0.3, -0.25) is 14.5 Å². The predicted molar refractivity (Wildman–Crippen MR) is 131 cm³/mol. The smallest absolute Gasteiger partial charge is 0.404 e. The van der Waals surface area contributed by atoms with Crippen molar-refractivity contribution in [3.8, 4) is 11.8 Å². The number of ether oxygens (including phenoxy) is 1. The first kappa shape index (κ1) is 27.7. The zero-order valence-electron chi connectivity index (χ0n) is 21.1. The third-order valence-electron chi connectivity index (χ3n) is 8.12. The highest BCUT2D eigenvalue weighted by Crippen LogP contribution is 2.38. The van der Waals surface area contributed by atoms with E-state index in [0.717, 1.165) is 38.1 Å². The lowest BCUT2D eigenvalue weighted by molar-refractivity contribution is -0.275. The van der Waals surface area contributed by atoms with E-state index in [0.29, 0.717) is 25.8 Å². The Balaban J connectivity index is 1.41. The number of para-hydroxylation sites is 1. The molecule has 1 aromatic rings. The molecule has 3 heterocycles. The van der Waals surface area contributed by atoms with E-state index >= 15 is 0 Å². The van der Waals surface area contributed by atoms with Crippen molar-refractivity contribution in [2.24, 2.45) is 0 Å². The van der Waals surface area contributed by atoms with E-state index in [2.05, 4.69) is 26.3 Å². The quantitative estimate of drug-likeness (QED) is 0.503. The number of benzene rings is 1. The van der Waals surface area contributed by atoms with Crippen LogP contribution in [0.25, 0.3) is 0 Å². The summed E-state index contributed by atoms with van der Waals surface area (Å²) in [5.74, 6) is -1.87. The molecule has 1 aliphatic carbocycles. The van der Waals surface area contributed by atoms with Crippen LogP contribution in [-0.4, -0.2) is 91.5 Å². The van der Waals surface area contributed by atoms with Crippen molar-refractivity contribution in [2.45, 2.75) is 78.7 Å². The summed E-state index contributed by atoms with van der Waals surface area (Å²) >= 11 is 0. The topological polar surface area (TPSA) is 132 Å². The second-order valence-corrected chi connectivity index (χ2v) is 12.8. The Morgan fingerprint density at radius 2 is 1.82 bits per heavy atom. The molecular formula is C25H30F3N5O5S. The minimum absolute atomic E-state index is 0.197. The number of hydrogen-bond acceptors (Lipinski definition) is 8. The van der Waals surface area contributed by atoms with Gasteiger partial charge in [-0.1, -0.05) is 12.1 Å². The Labute approximate surface area is 224 Å². The maximum Gasteiger partial charge on any atom is 0.573 e. The zero-order chi connectivity index (χ0) is 28.0. The van der Waals surface area contributed by atoms with Crippen LogP contribution in [0.5, 0.6) is 5.75 Å². The minimum atomic E-state index is -5.11. The summed E-state index contributed by atoms with van der Waals surface area (Å²) in [5, 5.41) is 14.0. The fourth-order valence-electron chi connectivity index (χ4n) is 5.74. The van der Waals surface area contributed by atoms with Crippen LogP contribution in [0.4, 0.5) is 13.2 Å². The number of amides is 2. The van der Waals surface area contributed by atoms with Crippen LogP contribution >= 0.6 is 0 Å². The molecule has 39 heavy (non-hydrogen) atoms. The largest absolute Gasteiger partial charge is 0.573 e. The van der Waals surface area contributed by atoms with Crippen molar-refractivity contribution in [3.05, 3.63) is 24.3 Å². The lowest BCUT2D eigenvalue weighted by Gasteiger charge is -2.48. The van der Waals surface area contributed by atoms with E-state index in [1.165, 1.54) is 17.0 Å². The number of rotatable bonds is 7. The number of alkyl halides is 3. The Hall–Kier alpha value is -2.89. The van der Waals surface area contributed by atoms with Crippen molar-refractivity contribution < 1.29 is 35.9 Å². The van der Waals surface area contributed by atoms with Gasteiger partial charge in [-0.2, -0.15) is 5.26 Å². The van der Waals surface area contributed by atoms with Crippen molar-refractivity contribution >= 4 is 21.7 Å². The molecule has 0 radical (unpaired) electrons. The number of hydrogen-bond donors (Lipinski definition) is 2. The van der Waals surface area contributed by atoms with Crippen molar-refractivity contribution in [2.75, 3.05) is 26.2 Å². The Kier molecular flexibility index (Phi) is 7.28. The molecule has 14 heteroatoms. The van der Waals surface area contributed by atoms with Gasteiger partial charge in [0, 0.05) is 19.1 Å². The molecule has 1 unspecified atom stereocenters. The van der Waals surface area contributed by atoms with Crippen LogP contribution < -0.4 is 15.4 Å². The number of sulfone groups is 1. The van der Waals surface area contributed by atoms with Gasteiger partial charge in [-0.05, 0) is 63.7 Å². The van der Waals surface area contributed by atoms with E-state index in [9.17, 15) is 36.4 Å². The first-order valence-electron chi connectivity index (χ1n) is 13.0. The fourth-order valence-corrected chi connectivity index (χ4v) is 7.55. The fraction of sp³-hybridized carbons (Fsp3) is 0.640. The van der Waals surface area contributed by atoms with Gasteiger partial charge in [0.05, 0.1) is 17.4 Å². The molecule has 0 aromatic heterocycles. The number of nitriles is 1. The summed E-state index contributed by atoms with van der Waals surface area (Å²) in [6, 6.07) is 5.02. The van der Waals surface area contributed by atoms with Gasteiger partial charge >= 0.3 is 6.36 Å². The summed E-state index contributed by atoms with van der Waals surface area (Å²) < 4.78 is 70.2. The molecule has 4 aliphatic rings. The maximum atomic E-state index is 13.8. The molecule has 4 fully saturated rings. The number of likely N-dealkylation sites (tertiary alicyclic amines) is 2. The average Bonchev–Trinajstić information content (AvgIpc) is 3.48. The summed E-state index contributed by atoms with van der Waals surface area (Å²) in [4.78, 5) is 29.7. The van der Waals surface area contributed by atoms with Gasteiger partial charge in [0.15, 0.2) is 9.84 Å². The monoisotopic (exact) mass is 569 g/mol. The van der Waals surface area contributed by atoms with Crippen LogP contribution in [0, 0.1) is 11.3 Å². The molecule has 1 aromatic carbocycles. The third kappa shape index (κ3) is 5.57. The molecule has 3 atom stereocenters. The number of nitrogens with one attached hydrogen (secondary N) is 2. The second kappa shape index (κ2) is 10.3. The highest BCUT2D eigenvalue weighted by atomic mass is 32.2. The van der Waals surface area contributed by atoms with Crippen LogP contribution in [0.15, 0.2) is 29.2 Å². The van der Waals surface area contributed by atoms with Crippen LogP contribution in [0.1, 0.15) is 38.5 Å².